The SMILES string of the molecule is CC(S)N1CC(c2ncc(-c3ccc(CNC(=O)CC4CCCC4)cc3)s2)C1. The van der Waals surface area contributed by atoms with Crippen LogP contribution in [-0.4, -0.2) is 34.3 Å². The van der Waals surface area contributed by atoms with Gasteiger partial charge in [0.15, 0.2) is 0 Å². The van der Waals surface area contributed by atoms with Crippen LogP contribution < -0.4 is 5.32 Å². The summed E-state index contributed by atoms with van der Waals surface area (Å²) in [6, 6.07) is 8.49. The highest BCUT2D eigenvalue weighted by Crippen LogP contribution is 2.35. The molecule has 0 bridgehead atoms. The van der Waals surface area contributed by atoms with Gasteiger partial charge in [-0.2, -0.15) is 12.6 Å². The van der Waals surface area contributed by atoms with Gasteiger partial charge in [0.1, 0.15) is 0 Å². The van der Waals surface area contributed by atoms with Crippen LogP contribution in [0.3, 0.4) is 0 Å². The number of thiazole rings is 1. The lowest BCUT2D eigenvalue weighted by molar-refractivity contribution is -0.122. The van der Waals surface area contributed by atoms with Gasteiger partial charge in [-0.1, -0.05) is 37.1 Å². The number of hydrogen-bond donors (Lipinski definition) is 2. The van der Waals surface area contributed by atoms with E-state index in [4.69, 9.17) is 0 Å². The summed E-state index contributed by atoms with van der Waals surface area (Å²) < 4.78 is 0. The zero-order valence-corrected chi connectivity index (χ0v) is 18.1. The van der Waals surface area contributed by atoms with Crippen LogP contribution in [0.25, 0.3) is 10.4 Å². The van der Waals surface area contributed by atoms with Gasteiger partial charge in [-0.05, 0) is 36.8 Å². The lowest BCUT2D eigenvalue weighted by Crippen LogP contribution is -2.47. The third kappa shape index (κ3) is 4.78. The third-order valence-electron chi connectivity index (χ3n) is 5.99. The van der Waals surface area contributed by atoms with E-state index in [9.17, 15) is 4.79 Å². The van der Waals surface area contributed by atoms with Gasteiger partial charge < -0.3 is 5.32 Å². The Bertz CT molecular complexity index is 790. The summed E-state index contributed by atoms with van der Waals surface area (Å²) >= 11 is 6.28. The van der Waals surface area contributed by atoms with Crippen molar-refractivity contribution in [2.45, 2.75) is 56.9 Å². The van der Waals surface area contributed by atoms with Gasteiger partial charge in [0.25, 0.3) is 0 Å². The molecule has 1 aromatic carbocycles. The predicted octanol–water partition coefficient (Wildman–Crippen LogP) is 4.68. The number of benzene rings is 1. The highest BCUT2D eigenvalue weighted by atomic mass is 32.1. The average Bonchev–Trinajstić information content (AvgIpc) is 3.31. The number of hydrogen-bond acceptors (Lipinski definition) is 5. The molecule has 1 aromatic heterocycles. The molecule has 1 saturated heterocycles. The van der Waals surface area contributed by atoms with Crippen molar-refractivity contribution >= 4 is 29.9 Å². The molecule has 1 aliphatic heterocycles. The molecule has 0 radical (unpaired) electrons. The molecule has 1 unspecified atom stereocenters. The number of aromatic nitrogens is 1. The molecular weight excluding hydrogens is 386 g/mol. The summed E-state index contributed by atoms with van der Waals surface area (Å²) in [6.45, 7) is 4.83. The standard InChI is InChI=1S/C22H29N3OS2/c1-15(27)25-13-19(14-25)22-24-12-20(28-22)18-8-6-17(7-9-18)11-23-21(26)10-16-4-2-3-5-16/h6-9,12,15-16,19,27H,2-5,10-11,13-14H2,1H3,(H,23,26). The van der Waals surface area contributed by atoms with Gasteiger partial charge in [0, 0.05) is 43.5 Å². The summed E-state index contributed by atoms with van der Waals surface area (Å²) in [5.41, 5.74) is 2.34. The van der Waals surface area contributed by atoms with E-state index in [-0.39, 0.29) is 5.91 Å². The average molecular weight is 416 g/mol. The van der Waals surface area contributed by atoms with Crippen LogP contribution in [0.1, 0.15) is 55.5 Å². The Morgan fingerprint density at radius 1 is 1.29 bits per heavy atom. The Kier molecular flexibility index (Phi) is 6.38. The molecule has 6 heteroatoms. The number of carbonyl (C=O) groups is 1. The molecule has 2 heterocycles. The first kappa shape index (κ1) is 19.9. The van der Waals surface area contributed by atoms with Gasteiger partial charge in [0.2, 0.25) is 5.91 Å². The fraction of sp³-hybridized carbons (Fsp3) is 0.545. The highest BCUT2D eigenvalue weighted by molar-refractivity contribution is 7.80. The second-order valence-corrected chi connectivity index (χ2v) is 9.98. The van der Waals surface area contributed by atoms with E-state index in [2.05, 4.69) is 59.0 Å². The molecular formula is C22H29N3OS2. The van der Waals surface area contributed by atoms with Crippen molar-refractivity contribution in [3.63, 3.8) is 0 Å². The number of carbonyl (C=O) groups excluding carboxylic acids is 1. The van der Waals surface area contributed by atoms with Crippen molar-refractivity contribution in [1.82, 2.24) is 15.2 Å². The maximum Gasteiger partial charge on any atom is 0.220 e. The van der Waals surface area contributed by atoms with E-state index in [0.29, 0.717) is 30.2 Å². The maximum atomic E-state index is 12.1. The molecule has 150 valence electrons. The van der Waals surface area contributed by atoms with Crippen LogP contribution in [0.15, 0.2) is 30.5 Å². The molecule has 0 spiro atoms. The summed E-state index contributed by atoms with van der Waals surface area (Å²) in [5, 5.41) is 4.62. The van der Waals surface area contributed by atoms with Crippen LogP contribution in [0.2, 0.25) is 0 Å². The first-order valence-electron chi connectivity index (χ1n) is 10.3. The van der Waals surface area contributed by atoms with Crippen molar-refractivity contribution in [1.29, 1.82) is 0 Å². The van der Waals surface area contributed by atoms with Crippen LogP contribution in [0.5, 0.6) is 0 Å². The summed E-state index contributed by atoms with van der Waals surface area (Å²) in [4.78, 5) is 20.3. The fourth-order valence-electron chi connectivity index (χ4n) is 4.12. The molecule has 4 rings (SSSR count). The second-order valence-electron chi connectivity index (χ2n) is 8.17. The van der Waals surface area contributed by atoms with E-state index in [1.54, 1.807) is 11.3 Å². The zero-order chi connectivity index (χ0) is 19.5. The van der Waals surface area contributed by atoms with Gasteiger partial charge >= 0.3 is 0 Å². The molecule has 2 aliphatic rings. The number of nitrogens with one attached hydrogen (secondary N) is 1. The van der Waals surface area contributed by atoms with E-state index < -0.39 is 0 Å². The van der Waals surface area contributed by atoms with Crippen LogP contribution >= 0.6 is 24.0 Å². The third-order valence-corrected chi connectivity index (χ3v) is 7.52. The van der Waals surface area contributed by atoms with Crippen molar-refractivity contribution in [3.05, 3.63) is 41.0 Å². The molecule has 1 aliphatic carbocycles. The Hall–Kier alpha value is -1.37. The minimum Gasteiger partial charge on any atom is -0.352 e. The number of nitrogens with zero attached hydrogens (tertiary/aromatic N) is 2. The smallest absolute Gasteiger partial charge is 0.220 e. The Morgan fingerprint density at radius 2 is 2.00 bits per heavy atom. The lowest BCUT2D eigenvalue weighted by atomic mass is 10.0. The summed E-state index contributed by atoms with van der Waals surface area (Å²) in [7, 11) is 0. The number of amides is 1. The van der Waals surface area contributed by atoms with E-state index in [1.807, 2.05) is 6.20 Å². The first-order chi connectivity index (χ1) is 13.6. The molecule has 1 amide bonds. The summed E-state index contributed by atoms with van der Waals surface area (Å²) in [6.07, 6.45) is 7.67. The molecule has 4 nitrogen and oxygen atoms in total. The van der Waals surface area contributed by atoms with Crippen LogP contribution in [-0.2, 0) is 11.3 Å². The highest BCUT2D eigenvalue weighted by Gasteiger charge is 2.32. The number of thiol groups is 1. The summed E-state index contributed by atoms with van der Waals surface area (Å²) in [5.74, 6) is 1.33. The quantitative estimate of drug-likeness (QED) is 0.645. The fourth-order valence-corrected chi connectivity index (χ4v) is 5.31. The topological polar surface area (TPSA) is 45.2 Å². The van der Waals surface area contributed by atoms with Crippen molar-refractivity contribution in [2.75, 3.05) is 13.1 Å². The Balaban J connectivity index is 1.28. The largest absolute Gasteiger partial charge is 0.352 e. The second kappa shape index (κ2) is 8.97. The minimum atomic E-state index is 0.188. The van der Waals surface area contributed by atoms with Gasteiger partial charge in [-0.15, -0.1) is 11.3 Å². The van der Waals surface area contributed by atoms with Crippen LogP contribution in [0.4, 0.5) is 0 Å². The monoisotopic (exact) mass is 415 g/mol. The predicted molar refractivity (Wildman–Crippen MR) is 119 cm³/mol. The number of likely N-dealkylation sites (tertiary alicyclic amines) is 1. The Morgan fingerprint density at radius 3 is 2.68 bits per heavy atom. The maximum absolute atomic E-state index is 12.1. The molecule has 2 aromatic rings. The first-order valence-corrected chi connectivity index (χ1v) is 11.7. The van der Waals surface area contributed by atoms with Gasteiger partial charge in [-0.3, -0.25) is 9.69 Å². The molecule has 28 heavy (non-hydrogen) atoms. The normalized spacial score (nSPS) is 19.5. The van der Waals surface area contributed by atoms with Crippen molar-refractivity contribution < 1.29 is 4.79 Å². The lowest BCUT2D eigenvalue weighted by Gasteiger charge is -2.40. The van der Waals surface area contributed by atoms with E-state index in [1.165, 1.54) is 41.1 Å². The minimum absolute atomic E-state index is 0.188. The van der Waals surface area contributed by atoms with E-state index >= 15 is 0 Å². The van der Waals surface area contributed by atoms with Crippen molar-refractivity contribution in [3.8, 4) is 10.4 Å². The Labute approximate surface area is 177 Å². The van der Waals surface area contributed by atoms with Gasteiger partial charge in [-0.25, -0.2) is 4.98 Å². The number of rotatable bonds is 7. The van der Waals surface area contributed by atoms with Gasteiger partial charge in [0.05, 0.1) is 9.88 Å². The van der Waals surface area contributed by atoms with Crippen molar-refractivity contribution in [2.24, 2.45) is 5.92 Å². The van der Waals surface area contributed by atoms with Crippen LogP contribution in [0, 0.1) is 5.92 Å². The molecule has 2 fully saturated rings. The molecule has 1 N–H and O–H groups in total. The van der Waals surface area contributed by atoms with E-state index in [0.717, 1.165) is 18.7 Å². The zero-order valence-electron chi connectivity index (χ0n) is 16.4. The molecule has 1 atom stereocenters. The molecule has 1 saturated carbocycles.